The lowest BCUT2D eigenvalue weighted by molar-refractivity contribution is 0.456. The molecule has 1 aliphatic rings. The van der Waals surface area contributed by atoms with Crippen LogP contribution in [0.15, 0.2) is 78.2 Å². The molecule has 140 valence electrons. The van der Waals surface area contributed by atoms with Crippen LogP contribution in [0, 0.1) is 0 Å². The van der Waals surface area contributed by atoms with Crippen molar-refractivity contribution in [3.8, 4) is 23.0 Å². The predicted molar refractivity (Wildman–Crippen MR) is 117 cm³/mol. The molecule has 0 unspecified atom stereocenters. The molecule has 6 rings (SSSR count). The molecule has 4 aromatic carbocycles. The number of thiophene rings is 1. The van der Waals surface area contributed by atoms with Gasteiger partial charge in [-0.1, -0.05) is 30.3 Å². The average molecular weight is 396 g/mol. The SMILES string of the molecule is Oc1ccc2ccc3c(c2c1)C(c1cccs1)c1c(ccc2ccc(O)cc12)O3. The second-order valence-electron chi connectivity index (χ2n) is 7.32. The quantitative estimate of drug-likeness (QED) is 0.323. The minimum absolute atomic E-state index is 0.0512. The lowest BCUT2D eigenvalue weighted by Gasteiger charge is -2.30. The Balaban J connectivity index is 1.77. The fourth-order valence-corrected chi connectivity index (χ4v) is 5.24. The molecule has 1 aromatic heterocycles. The first kappa shape index (κ1) is 16.5. The maximum absolute atomic E-state index is 10.2. The molecule has 1 aliphatic heterocycles. The molecular weight excluding hydrogens is 380 g/mol. The van der Waals surface area contributed by atoms with Crippen molar-refractivity contribution in [2.45, 2.75) is 5.92 Å². The smallest absolute Gasteiger partial charge is 0.132 e. The van der Waals surface area contributed by atoms with E-state index >= 15 is 0 Å². The number of hydrogen-bond donors (Lipinski definition) is 2. The normalized spacial score (nSPS) is 13.2. The second-order valence-corrected chi connectivity index (χ2v) is 8.30. The third kappa shape index (κ3) is 2.43. The Morgan fingerprint density at radius 3 is 1.76 bits per heavy atom. The summed E-state index contributed by atoms with van der Waals surface area (Å²) in [5.74, 6) is 2.01. The lowest BCUT2D eigenvalue weighted by Crippen LogP contribution is -2.12. The van der Waals surface area contributed by atoms with E-state index in [4.69, 9.17) is 4.74 Å². The number of aromatic hydroxyl groups is 2. The van der Waals surface area contributed by atoms with Gasteiger partial charge in [0.05, 0.1) is 5.92 Å². The first-order chi connectivity index (χ1) is 14.2. The van der Waals surface area contributed by atoms with E-state index in [0.29, 0.717) is 0 Å². The fraction of sp³-hybridized carbons (Fsp3) is 0.0400. The topological polar surface area (TPSA) is 49.7 Å². The van der Waals surface area contributed by atoms with Gasteiger partial charge in [-0.2, -0.15) is 0 Å². The van der Waals surface area contributed by atoms with Crippen molar-refractivity contribution in [2.24, 2.45) is 0 Å². The summed E-state index contributed by atoms with van der Waals surface area (Å²) in [6, 6.07) is 23.2. The van der Waals surface area contributed by atoms with Crippen molar-refractivity contribution in [2.75, 3.05) is 0 Å². The van der Waals surface area contributed by atoms with E-state index < -0.39 is 0 Å². The van der Waals surface area contributed by atoms with E-state index in [-0.39, 0.29) is 17.4 Å². The lowest BCUT2D eigenvalue weighted by atomic mass is 9.81. The van der Waals surface area contributed by atoms with Crippen LogP contribution in [-0.2, 0) is 0 Å². The van der Waals surface area contributed by atoms with Crippen LogP contribution in [0.2, 0.25) is 0 Å². The van der Waals surface area contributed by atoms with Gasteiger partial charge >= 0.3 is 0 Å². The molecule has 2 heterocycles. The van der Waals surface area contributed by atoms with Crippen molar-refractivity contribution in [1.29, 1.82) is 0 Å². The van der Waals surface area contributed by atoms with E-state index in [2.05, 4.69) is 17.5 Å². The van der Waals surface area contributed by atoms with Crippen molar-refractivity contribution in [3.05, 3.63) is 94.2 Å². The molecule has 0 amide bonds. The highest BCUT2D eigenvalue weighted by atomic mass is 32.1. The zero-order valence-electron chi connectivity index (χ0n) is 15.3. The third-order valence-electron chi connectivity index (χ3n) is 5.64. The maximum Gasteiger partial charge on any atom is 0.132 e. The van der Waals surface area contributed by atoms with Crippen LogP contribution in [0.5, 0.6) is 23.0 Å². The van der Waals surface area contributed by atoms with Crippen LogP contribution in [0.4, 0.5) is 0 Å². The summed E-state index contributed by atoms with van der Waals surface area (Å²) in [4.78, 5) is 1.20. The number of fused-ring (bicyclic) bond motifs is 6. The molecule has 4 heteroatoms. The Morgan fingerprint density at radius 1 is 0.690 bits per heavy atom. The van der Waals surface area contributed by atoms with Gasteiger partial charge in [-0.15, -0.1) is 11.3 Å². The minimum Gasteiger partial charge on any atom is -0.508 e. The number of hydrogen-bond acceptors (Lipinski definition) is 4. The van der Waals surface area contributed by atoms with Crippen LogP contribution in [-0.4, -0.2) is 10.2 Å². The van der Waals surface area contributed by atoms with Crippen LogP contribution < -0.4 is 4.74 Å². The summed E-state index contributed by atoms with van der Waals surface area (Å²) in [5.41, 5.74) is 2.09. The van der Waals surface area contributed by atoms with Gasteiger partial charge in [-0.25, -0.2) is 0 Å². The molecule has 0 aliphatic carbocycles. The molecule has 0 saturated heterocycles. The Morgan fingerprint density at radius 2 is 1.24 bits per heavy atom. The molecule has 0 atom stereocenters. The van der Waals surface area contributed by atoms with Gasteiger partial charge in [-0.05, 0) is 69.4 Å². The second kappa shape index (κ2) is 6.00. The molecular formula is C25H16O3S. The van der Waals surface area contributed by atoms with Gasteiger partial charge in [0.15, 0.2) is 0 Å². The monoisotopic (exact) mass is 396 g/mol. The van der Waals surface area contributed by atoms with Gasteiger partial charge < -0.3 is 14.9 Å². The summed E-state index contributed by atoms with van der Waals surface area (Å²) >= 11 is 1.70. The van der Waals surface area contributed by atoms with Crippen molar-refractivity contribution in [3.63, 3.8) is 0 Å². The van der Waals surface area contributed by atoms with E-state index in [9.17, 15) is 10.2 Å². The zero-order chi connectivity index (χ0) is 19.5. The molecule has 0 bridgehead atoms. The minimum atomic E-state index is -0.0512. The molecule has 0 fully saturated rings. The average Bonchev–Trinajstić information content (AvgIpc) is 3.26. The Labute approximate surface area is 171 Å². The van der Waals surface area contributed by atoms with E-state index in [0.717, 1.165) is 44.2 Å². The number of phenolic OH excluding ortho intramolecular Hbond substituents is 2. The molecule has 0 radical (unpaired) electrons. The van der Waals surface area contributed by atoms with Crippen LogP contribution in [0.3, 0.4) is 0 Å². The summed E-state index contributed by atoms with van der Waals surface area (Å²) in [7, 11) is 0. The van der Waals surface area contributed by atoms with Gasteiger partial charge in [-0.3, -0.25) is 0 Å². The van der Waals surface area contributed by atoms with E-state index in [1.54, 1.807) is 23.5 Å². The van der Waals surface area contributed by atoms with Crippen LogP contribution in [0.25, 0.3) is 21.5 Å². The fourth-order valence-electron chi connectivity index (χ4n) is 4.40. The predicted octanol–water partition coefficient (Wildman–Crippen LogP) is 6.75. The summed E-state index contributed by atoms with van der Waals surface area (Å²) in [6.45, 7) is 0. The van der Waals surface area contributed by atoms with Crippen LogP contribution in [0.1, 0.15) is 21.9 Å². The molecule has 29 heavy (non-hydrogen) atoms. The molecule has 2 N–H and O–H groups in total. The van der Waals surface area contributed by atoms with Gasteiger partial charge in [0.2, 0.25) is 0 Å². The van der Waals surface area contributed by atoms with Crippen molar-refractivity contribution < 1.29 is 14.9 Å². The third-order valence-corrected chi connectivity index (χ3v) is 6.58. The van der Waals surface area contributed by atoms with Gasteiger partial charge in [0.25, 0.3) is 0 Å². The zero-order valence-corrected chi connectivity index (χ0v) is 16.1. The Bertz CT molecular complexity index is 1310. The number of benzene rings is 4. The first-order valence-electron chi connectivity index (χ1n) is 9.41. The largest absolute Gasteiger partial charge is 0.508 e. The Kier molecular flexibility index (Phi) is 3.40. The molecule has 3 nitrogen and oxygen atoms in total. The Hall–Kier alpha value is -3.50. The molecule has 0 saturated carbocycles. The number of phenols is 2. The maximum atomic E-state index is 10.2. The number of ether oxygens (including phenoxy) is 1. The van der Waals surface area contributed by atoms with Gasteiger partial charge in [0.1, 0.15) is 23.0 Å². The summed E-state index contributed by atoms with van der Waals surface area (Å²) in [5, 5.41) is 26.5. The van der Waals surface area contributed by atoms with E-state index in [1.807, 2.05) is 48.5 Å². The number of rotatable bonds is 1. The van der Waals surface area contributed by atoms with Gasteiger partial charge in [0, 0.05) is 16.0 Å². The summed E-state index contributed by atoms with van der Waals surface area (Å²) < 4.78 is 6.34. The standard InChI is InChI=1S/C25H16O3S/c26-16-7-3-14-5-9-20-23(18(14)12-16)25(22-2-1-11-29-22)24-19-13-17(27)8-4-15(19)6-10-21(24)28-20/h1-13,25-27H. The first-order valence-corrected chi connectivity index (χ1v) is 10.3. The van der Waals surface area contributed by atoms with E-state index in [1.165, 1.54) is 4.88 Å². The molecule has 0 spiro atoms. The van der Waals surface area contributed by atoms with Crippen LogP contribution >= 0.6 is 11.3 Å². The summed E-state index contributed by atoms with van der Waals surface area (Å²) in [6.07, 6.45) is 0. The highest BCUT2D eigenvalue weighted by Gasteiger charge is 2.32. The molecule has 5 aromatic rings. The van der Waals surface area contributed by atoms with Crippen molar-refractivity contribution in [1.82, 2.24) is 0 Å². The highest BCUT2D eigenvalue weighted by Crippen LogP contribution is 2.53. The highest BCUT2D eigenvalue weighted by molar-refractivity contribution is 7.10. The van der Waals surface area contributed by atoms with Crippen molar-refractivity contribution >= 4 is 32.9 Å².